The zero-order chi connectivity index (χ0) is 9.99. The average molecular weight is 176 g/mol. The number of hydrogen-bond acceptors (Lipinski definition) is 2. The number of nitrogens with zero attached hydrogens (tertiary/aromatic N) is 1. The second-order valence-corrected chi connectivity index (χ2v) is 4.74. The third kappa shape index (κ3) is 4.70. The van der Waals surface area contributed by atoms with Gasteiger partial charge < -0.3 is 0 Å². The molecule has 0 aromatic heterocycles. The van der Waals surface area contributed by atoms with Crippen molar-refractivity contribution in [1.82, 2.24) is 0 Å². The summed E-state index contributed by atoms with van der Waals surface area (Å²) in [6, 6.07) is 0. The molecule has 0 aliphatic rings. The summed E-state index contributed by atoms with van der Waals surface area (Å²) in [5, 5.41) is 18.4. The van der Waals surface area contributed by atoms with Gasteiger partial charge in [0.15, 0.2) is 0 Å². The van der Waals surface area contributed by atoms with Crippen molar-refractivity contribution >= 4 is 0 Å². The lowest BCUT2D eigenvalue weighted by Gasteiger charge is -2.31. The van der Waals surface area contributed by atoms with Crippen LogP contribution >= 0.6 is 0 Å². The van der Waals surface area contributed by atoms with Gasteiger partial charge in [0.2, 0.25) is 0 Å². The molecule has 0 spiro atoms. The van der Waals surface area contributed by atoms with Gasteiger partial charge in [-0.3, -0.25) is 0 Å². The Hall–Kier alpha value is -0.120. The zero-order valence-corrected chi connectivity index (χ0v) is 8.83. The maximum atomic E-state index is 9.18. The lowest BCUT2D eigenvalue weighted by atomic mass is 9.79. The Morgan fingerprint density at radius 2 is 1.67 bits per heavy atom. The molecule has 12 heavy (non-hydrogen) atoms. The van der Waals surface area contributed by atoms with E-state index in [0.29, 0.717) is 12.5 Å². The highest BCUT2D eigenvalue weighted by Crippen LogP contribution is 2.29. The first kappa shape index (κ1) is 11.9. The Morgan fingerprint density at radius 1 is 1.25 bits per heavy atom. The maximum absolute atomic E-state index is 9.18. The standard InChI is InChI=1S/C9H22NO2/c1-6-8(9(2,3)4)7-10(5,11)12/h8,11-12H,6-7H2,1-5H3/q+1/t8-/m0/s1. The number of rotatable bonds is 3. The zero-order valence-electron chi connectivity index (χ0n) is 8.83. The van der Waals surface area contributed by atoms with E-state index < -0.39 is 4.81 Å². The summed E-state index contributed by atoms with van der Waals surface area (Å²) in [7, 11) is 1.38. The second kappa shape index (κ2) is 3.73. The fourth-order valence-corrected chi connectivity index (χ4v) is 1.43. The molecule has 0 aromatic carbocycles. The molecule has 0 aromatic rings. The molecule has 1 atom stereocenters. The predicted molar refractivity (Wildman–Crippen MR) is 47.9 cm³/mol. The normalized spacial score (nSPS) is 16.2. The van der Waals surface area contributed by atoms with Gasteiger partial charge in [0.05, 0.1) is 0 Å². The van der Waals surface area contributed by atoms with E-state index in [-0.39, 0.29) is 5.41 Å². The second-order valence-electron chi connectivity index (χ2n) is 4.74. The highest BCUT2D eigenvalue weighted by atomic mass is 16.8. The van der Waals surface area contributed by atoms with Crippen LogP contribution in [0.1, 0.15) is 34.1 Å². The van der Waals surface area contributed by atoms with E-state index in [9.17, 15) is 10.4 Å². The van der Waals surface area contributed by atoms with Crippen LogP contribution in [0.3, 0.4) is 0 Å². The SMILES string of the molecule is CC[C@@H](C[N+](C)(O)O)C(C)(C)C. The van der Waals surface area contributed by atoms with Crippen LogP contribution in [0.15, 0.2) is 0 Å². The summed E-state index contributed by atoms with van der Waals surface area (Å²) in [6.07, 6.45) is 0.971. The Bertz CT molecular complexity index is 132. The first-order valence-electron chi connectivity index (χ1n) is 4.48. The van der Waals surface area contributed by atoms with E-state index >= 15 is 0 Å². The molecule has 0 heterocycles. The van der Waals surface area contributed by atoms with Crippen LogP contribution in [-0.2, 0) is 0 Å². The van der Waals surface area contributed by atoms with Crippen molar-refractivity contribution in [2.45, 2.75) is 34.1 Å². The van der Waals surface area contributed by atoms with Crippen LogP contribution in [-0.4, -0.2) is 28.8 Å². The van der Waals surface area contributed by atoms with Crippen LogP contribution in [0, 0.1) is 11.3 Å². The van der Waals surface area contributed by atoms with E-state index in [2.05, 4.69) is 27.7 Å². The summed E-state index contributed by atoms with van der Waals surface area (Å²) < 4.78 is 0. The van der Waals surface area contributed by atoms with Gasteiger partial charge in [-0.1, -0.05) is 32.5 Å². The lowest BCUT2D eigenvalue weighted by Crippen LogP contribution is -2.43. The van der Waals surface area contributed by atoms with Crippen molar-refractivity contribution in [3.63, 3.8) is 0 Å². The summed E-state index contributed by atoms with van der Waals surface area (Å²) in [4.78, 5) is -0.921. The van der Waals surface area contributed by atoms with Crippen molar-refractivity contribution in [2.24, 2.45) is 11.3 Å². The van der Waals surface area contributed by atoms with E-state index in [1.54, 1.807) is 0 Å². The van der Waals surface area contributed by atoms with Gasteiger partial charge in [-0.25, -0.2) is 0 Å². The fourth-order valence-electron chi connectivity index (χ4n) is 1.43. The van der Waals surface area contributed by atoms with Crippen LogP contribution in [0.2, 0.25) is 0 Å². The van der Waals surface area contributed by atoms with Crippen LogP contribution < -0.4 is 0 Å². The third-order valence-corrected chi connectivity index (χ3v) is 2.28. The van der Waals surface area contributed by atoms with E-state index in [1.807, 2.05) is 0 Å². The van der Waals surface area contributed by atoms with E-state index in [4.69, 9.17) is 0 Å². The van der Waals surface area contributed by atoms with Gasteiger partial charge in [-0.15, -0.1) is 0 Å². The van der Waals surface area contributed by atoms with Gasteiger partial charge in [0.25, 0.3) is 0 Å². The molecular weight excluding hydrogens is 154 g/mol. The highest BCUT2D eigenvalue weighted by molar-refractivity contribution is 4.71. The molecule has 0 saturated carbocycles. The van der Waals surface area contributed by atoms with Gasteiger partial charge in [0.1, 0.15) is 13.6 Å². The van der Waals surface area contributed by atoms with Crippen LogP contribution in [0.25, 0.3) is 0 Å². The largest absolute Gasteiger partial charge is 0.182 e. The fraction of sp³-hybridized carbons (Fsp3) is 1.00. The molecule has 0 fully saturated rings. The molecule has 0 aliphatic carbocycles. The van der Waals surface area contributed by atoms with Crippen molar-refractivity contribution in [2.75, 3.05) is 13.6 Å². The smallest absolute Gasteiger partial charge is 0.145 e. The Labute approximate surface area is 75.1 Å². The lowest BCUT2D eigenvalue weighted by molar-refractivity contribution is -1.23. The first-order valence-corrected chi connectivity index (χ1v) is 4.48. The third-order valence-electron chi connectivity index (χ3n) is 2.28. The van der Waals surface area contributed by atoms with E-state index in [0.717, 1.165) is 6.42 Å². The Kier molecular flexibility index (Phi) is 3.69. The van der Waals surface area contributed by atoms with E-state index in [1.165, 1.54) is 7.05 Å². The highest BCUT2D eigenvalue weighted by Gasteiger charge is 2.31. The van der Waals surface area contributed by atoms with Gasteiger partial charge in [0, 0.05) is 5.92 Å². The van der Waals surface area contributed by atoms with Gasteiger partial charge in [-0.05, 0) is 11.8 Å². The van der Waals surface area contributed by atoms with Gasteiger partial charge >= 0.3 is 0 Å². The topological polar surface area (TPSA) is 40.5 Å². The molecular formula is C9H22NO2+. The summed E-state index contributed by atoms with van der Waals surface area (Å²) in [5.41, 5.74) is 0.139. The molecule has 0 aliphatic heterocycles. The number of hydroxylamine groups is 4. The van der Waals surface area contributed by atoms with Crippen molar-refractivity contribution in [1.29, 1.82) is 0 Å². The summed E-state index contributed by atoms with van der Waals surface area (Å²) >= 11 is 0. The molecule has 0 amide bonds. The Balaban J connectivity index is 4.20. The van der Waals surface area contributed by atoms with Gasteiger partial charge in [-0.2, -0.15) is 10.4 Å². The monoisotopic (exact) mass is 176 g/mol. The van der Waals surface area contributed by atoms with Crippen molar-refractivity contribution in [3.8, 4) is 0 Å². The first-order chi connectivity index (χ1) is 5.17. The molecule has 0 rings (SSSR count). The average Bonchev–Trinajstić information content (AvgIpc) is 1.78. The number of quaternary nitrogens is 1. The number of hydrogen-bond donors (Lipinski definition) is 2. The molecule has 3 heteroatoms. The predicted octanol–water partition coefficient (Wildman–Crippen LogP) is 2.28. The van der Waals surface area contributed by atoms with Crippen molar-refractivity contribution in [3.05, 3.63) is 0 Å². The van der Waals surface area contributed by atoms with Crippen LogP contribution in [0.4, 0.5) is 0 Å². The molecule has 74 valence electrons. The molecule has 0 bridgehead atoms. The summed E-state index contributed by atoms with van der Waals surface area (Å²) in [5.74, 6) is 0.331. The Morgan fingerprint density at radius 3 is 1.75 bits per heavy atom. The quantitative estimate of drug-likeness (QED) is 0.511. The minimum absolute atomic E-state index is 0.139. The molecule has 2 N–H and O–H groups in total. The molecule has 0 saturated heterocycles. The minimum atomic E-state index is -0.921. The molecule has 0 unspecified atom stereocenters. The van der Waals surface area contributed by atoms with Crippen molar-refractivity contribution < 1.29 is 15.2 Å². The minimum Gasteiger partial charge on any atom is -0.182 e. The molecule has 3 nitrogen and oxygen atoms in total. The summed E-state index contributed by atoms with van der Waals surface area (Å²) in [6.45, 7) is 8.83. The maximum Gasteiger partial charge on any atom is 0.145 e. The van der Waals surface area contributed by atoms with Crippen LogP contribution in [0.5, 0.6) is 0 Å². The molecule has 0 radical (unpaired) electrons.